The first kappa shape index (κ1) is 17.9. The van der Waals surface area contributed by atoms with E-state index in [0.717, 1.165) is 53.7 Å². The first-order valence-corrected chi connectivity index (χ1v) is 9.48. The van der Waals surface area contributed by atoms with E-state index in [-0.39, 0.29) is 0 Å². The standard InChI is InChI=1S/C19H27N7O/c1-12-18(13(2)25(4)21-12)15-11-16(26(5)22-15)19-20-17(23-27-19)10-14-6-8-24(3)9-7-14/h11,14H,6-10H2,1-5H3. The second kappa shape index (κ2) is 6.92. The molecule has 0 N–H and O–H groups in total. The third-order valence-corrected chi connectivity index (χ3v) is 5.64. The van der Waals surface area contributed by atoms with Gasteiger partial charge >= 0.3 is 0 Å². The fourth-order valence-electron chi connectivity index (χ4n) is 3.90. The molecule has 0 atom stereocenters. The van der Waals surface area contributed by atoms with Gasteiger partial charge in [0, 0.05) is 31.8 Å². The van der Waals surface area contributed by atoms with E-state index in [0.29, 0.717) is 11.8 Å². The SMILES string of the molecule is Cc1nn(C)c(C)c1-c1cc(-c2nc(CC3CCN(C)CC3)no2)n(C)n1. The van der Waals surface area contributed by atoms with Crippen molar-refractivity contribution in [3.63, 3.8) is 0 Å². The number of likely N-dealkylation sites (tertiary alicyclic amines) is 1. The van der Waals surface area contributed by atoms with E-state index in [1.54, 1.807) is 4.68 Å². The summed E-state index contributed by atoms with van der Waals surface area (Å²) in [4.78, 5) is 7.01. The lowest BCUT2D eigenvalue weighted by molar-refractivity contribution is 0.216. The molecule has 0 aromatic carbocycles. The van der Waals surface area contributed by atoms with Gasteiger partial charge in [-0.15, -0.1) is 0 Å². The molecule has 0 aliphatic carbocycles. The number of rotatable bonds is 4. The van der Waals surface area contributed by atoms with Gasteiger partial charge in [-0.2, -0.15) is 15.2 Å². The molecule has 4 rings (SSSR count). The number of hydrogen-bond donors (Lipinski definition) is 0. The molecular formula is C19H27N7O. The minimum Gasteiger partial charge on any atom is -0.332 e. The molecule has 8 heteroatoms. The molecule has 1 aliphatic rings. The van der Waals surface area contributed by atoms with Crippen molar-refractivity contribution in [3.8, 4) is 22.8 Å². The topological polar surface area (TPSA) is 77.8 Å². The monoisotopic (exact) mass is 369 g/mol. The zero-order chi connectivity index (χ0) is 19.1. The Balaban J connectivity index is 1.56. The highest BCUT2D eigenvalue weighted by molar-refractivity contribution is 5.68. The van der Waals surface area contributed by atoms with Crippen LogP contribution in [0.4, 0.5) is 0 Å². The van der Waals surface area contributed by atoms with Crippen LogP contribution >= 0.6 is 0 Å². The number of piperidine rings is 1. The fourth-order valence-corrected chi connectivity index (χ4v) is 3.90. The highest BCUT2D eigenvalue weighted by Gasteiger charge is 2.22. The highest BCUT2D eigenvalue weighted by Crippen LogP contribution is 2.29. The minimum atomic E-state index is 0.526. The molecule has 0 radical (unpaired) electrons. The Morgan fingerprint density at radius 1 is 1.07 bits per heavy atom. The van der Waals surface area contributed by atoms with Gasteiger partial charge in [-0.3, -0.25) is 9.36 Å². The van der Waals surface area contributed by atoms with Crippen LogP contribution in [-0.2, 0) is 20.5 Å². The van der Waals surface area contributed by atoms with Crippen molar-refractivity contribution in [2.45, 2.75) is 33.1 Å². The van der Waals surface area contributed by atoms with Crippen molar-refractivity contribution in [1.29, 1.82) is 0 Å². The Kier molecular flexibility index (Phi) is 4.59. The van der Waals surface area contributed by atoms with Gasteiger partial charge in [-0.25, -0.2) is 0 Å². The summed E-state index contributed by atoms with van der Waals surface area (Å²) >= 11 is 0. The van der Waals surface area contributed by atoms with Gasteiger partial charge in [0.2, 0.25) is 0 Å². The molecule has 3 aromatic rings. The van der Waals surface area contributed by atoms with Gasteiger partial charge in [-0.1, -0.05) is 5.16 Å². The number of nitrogens with zero attached hydrogens (tertiary/aromatic N) is 7. The normalized spacial score (nSPS) is 16.3. The van der Waals surface area contributed by atoms with Crippen LogP contribution in [0.1, 0.15) is 30.1 Å². The first-order valence-electron chi connectivity index (χ1n) is 9.48. The Hall–Kier alpha value is -2.48. The van der Waals surface area contributed by atoms with E-state index in [1.165, 1.54) is 12.8 Å². The molecule has 4 heterocycles. The van der Waals surface area contributed by atoms with Crippen LogP contribution < -0.4 is 0 Å². The van der Waals surface area contributed by atoms with Gasteiger partial charge < -0.3 is 9.42 Å². The maximum Gasteiger partial charge on any atom is 0.276 e. The third-order valence-electron chi connectivity index (χ3n) is 5.64. The lowest BCUT2D eigenvalue weighted by atomic mass is 9.94. The lowest BCUT2D eigenvalue weighted by Gasteiger charge is -2.27. The van der Waals surface area contributed by atoms with Gasteiger partial charge in [0.25, 0.3) is 5.89 Å². The zero-order valence-corrected chi connectivity index (χ0v) is 16.7. The average Bonchev–Trinajstić information content (AvgIpc) is 3.29. The molecule has 27 heavy (non-hydrogen) atoms. The second-order valence-corrected chi connectivity index (χ2v) is 7.67. The summed E-state index contributed by atoms with van der Waals surface area (Å²) in [5.41, 5.74) is 4.82. The molecule has 0 bridgehead atoms. The van der Waals surface area contributed by atoms with Crippen molar-refractivity contribution in [3.05, 3.63) is 23.3 Å². The Morgan fingerprint density at radius 3 is 2.48 bits per heavy atom. The molecule has 0 amide bonds. The zero-order valence-electron chi connectivity index (χ0n) is 16.7. The van der Waals surface area contributed by atoms with Gasteiger partial charge in [0.05, 0.1) is 11.4 Å². The van der Waals surface area contributed by atoms with Crippen LogP contribution in [0.15, 0.2) is 10.6 Å². The molecule has 0 spiro atoms. The maximum atomic E-state index is 5.56. The van der Waals surface area contributed by atoms with Crippen molar-refractivity contribution in [1.82, 2.24) is 34.6 Å². The molecule has 0 unspecified atom stereocenters. The summed E-state index contributed by atoms with van der Waals surface area (Å²) in [5.74, 6) is 1.95. The molecular weight excluding hydrogens is 342 g/mol. The Labute approximate surface area is 159 Å². The van der Waals surface area contributed by atoms with E-state index in [4.69, 9.17) is 4.52 Å². The molecule has 1 fully saturated rings. The summed E-state index contributed by atoms with van der Waals surface area (Å²) in [5, 5.41) is 13.4. The van der Waals surface area contributed by atoms with Crippen molar-refractivity contribution >= 4 is 0 Å². The number of hydrogen-bond acceptors (Lipinski definition) is 6. The minimum absolute atomic E-state index is 0.526. The quantitative estimate of drug-likeness (QED) is 0.703. The van der Waals surface area contributed by atoms with Crippen LogP contribution in [0, 0.1) is 19.8 Å². The average molecular weight is 369 g/mol. The van der Waals surface area contributed by atoms with E-state index < -0.39 is 0 Å². The summed E-state index contributed by atoms with van der Waals surface area (Å²) < 4.78 is 9.24. The molecule has 0 saturated carbocycles. The smallest absolute Gasteiger partial charge is 0.276 e. The largest absolute Gasteiger partial charge is 0.332 e. The predicted octanol–water partition coefficient (Wildman–Crippen LogP) is 2.37. The van der Waals surface area contributed by atoms with Crippen LogP contribution in [0.2, 0.25) is 0 Å². The van der Waals surface area contributed by atoms with Crippen LogP contribution in [0.3, 0.4) is 0 Å². The Morgan fingerprint density at radius 2 is 1.81 bits per heavy atom. The molecule has 144 valence electrons. The van der Waals surface area contributed by atoms with E-state index in [2.05, 4.69) is 39.2 Å². The molecule has 1 aliphatic heterocycles. The number of aryl methyl sites for hydroxylation is 3. The van der Waals surface area contributed by atoms with Crippen LogP contribution in [-0.4, -0.2) is 54.7 Å². The molecule has 8 nitrogen and oxygen atoms in total. The molecule has 1 saturated heterocycles. The van der Waals surface area contributed by atoms with Gasteiger partial charge in [-0.05, 0) is 58.8 Å². The lowest BCUT2D eigenvalue weighted by Crippen LogP contribution is -2.31. The second-order valence-electron chi connectivity index (χ2n) is 7.67. The van der Waals surface area contributed by atoms with E-state index in [1.807, 2.05) is 31.8 Å². The van der Waals surface area contributed by atoms with E-state index in [9.17, 15) is 0 Å². The Bertz CT molecular complexity index is 944. The van der Waals surface area contributed by atoms with Gasteiger partial charge in [0.1, 0.15) is 5.69 Å². The summed E-state index contributed by atoms with van der Waals surface area (Å²) in [7, 11) is 6.03. The first-order chi connectivity index (χ1) is 12.9. The van der Waals surface area contributed by atoms with Crippen LogP contribution in [0.5, 0.6) is 0 Å². The van der Waals surface area contributed by atoms with Crippen LogP contribution in [0.25, 0.3) is 22.8 Å². The van der Waals surface area contributed by atoms with E-state index >= 15 is 0 Å². The number of aromatic nitrogens is 6. The van der Waals surface area contributed by atoms with Gasteiger partial charge in [0.15, 0.2) is 5.82 Å². The van der Waals surface area contributed by atoms with Crippen molar-refractivity contribution in [2.75, 3.05) is 20.1 Å². The molecule has 3 aromatic heterocycles. The summed E-state index contributed by atoms with van der Waals surface area (Å²) in [6.07, 6.45) is 3.26. The summed E-state index contributed by atoms with van der Waals surface area (Å²) in [6, 6.07) is 2.00. The van der Waals surface area contributed by atoms with Crippen molar-refractivity contribution in [2.24, 2.45) is 20.0 Å². The fraction of sp³-hybridized carbons (Fsp3) is 0.579. The predicted molar refractivity (Wildman–Crippen MR) is 102 cm³/mol. The third kappa shape index (κ3) is 3.41. The summed E-state index contributed by atoms with van der Waals surface area (Å²) in [6.45, 7) is 6.34. The highest BCUT2D eigenvalue weighted by atomic mass is 16.5. The van der Waals surface area contributed by atoms with Crippen molar-refractivity contribution < 1.29 is 4.52 Å². The maximum absolute atomic E-state index is 5.56.